The van der Waals surface area contributed by atoms with E-state index in [-0.39, 0.29) is 0 Å². The number of aliphatic imine (C=N–C) groups is 1. The molecule has 0 saturated heterocycles. The highest BCUT2D eigenvalue weighted by Crippen LogP contribution is 2.39. The first-order valence-corrected chi connectivity index (χ1v) is 14.5. The van der Waals surface area contributed by atoms with Crippen molar-refractivity contribution in [3.8, 4) is 5.75 Å². The number of allylic oxidation sites excluding steroid dienone is 5. The van der Waals surface area contributed by atoms with Crippen molar-refractivity contribution in [2.75, 3.05) is 37.0 Å². The summed E-state index contributed by atoms with van der Waals surface area (Å²) in [5.41, 5.74) is 10.5. The lowest BCUT2D eigenvalue weighted by Crippen LogP contribution is -2.21. The Morgan fingerprint density at radius 1 is 0.780 bits per heavy atom. The largest absolute Gasteiger partial charge is 0.497 e. The summed E-state index contributed by atoms with van der Waals surface area (Å²) >= 11 is 0. The highest BCUT2D eigenvalue weighted by Gasteiger charge is 2.18. The first kappa shape index (κ1) is 28.0. The molecule has 0 aromatic heterocycles. The molecule has 0 spiro atoms. The summed E-state index contributed by atoms with van der Waals surface area (Å²) in [5, 5.41) is 6.01. The molecule has 0 fully saturated rings. The van der Waals surface area contributed by atoms with Gasteiger partial charge in [-0.2, -0.15) is 0 Å². The van der Waals surface area contributed by atoms with Crippen LogP contribution < -0.4 is 15.0 Å². The van der Waals surface area contributed by atoms with Crippen LogP contribution in [0.4, 0.5) is 17.1 Å². The Kier molecular flexibility index (Phi) is 8.69. The summed E-state index contributed by atoms with van der Waals surface area (Å²) in [7, 11) is 1.69. The van der Waals surface area contributed by atoms with E-state index >= 15 is 0 Å². The van der Waals surface area contributed by atoms with Crippen molar-refractivity contribution < 1.29 is 4.74 Å². The standard InChI is InChI=1S/C37H39N3O/c1-6-38-28-15-13-27(14-16-28)37(32-22-19-30(25-26(32)4)40(7-2)8-3)35-23-24-36(34-12-10-9-11-33(34)35)39-29-17-20-31(41-5)21-18-29/h9-25,39H,6-8H2,1-5H3. The van der Waals surface area contributed by atoms with Crippen LogP contribution in [0.2, 0.25) is 0 Å². The Morgan fingerprint density at radius 3 is 2.10 bits per heavy atom. The molecule has 0 amide bonds. The normalized spacial score (nSPS) is 12.5. The fraction of sp³-hybridized carbons (Fsp3) is 0.216. The maximum absolute atomic E-state index is 5.34. The fourth-order valence-corrected chi connectivity index (χ4v) is 5.54. The summed E-state index contributed by atoms with van der Waals surface area (Å²) in [5.74, 6) is 0.843. The van der Waals surface area contributed by atoms with Crippen molar-refractivity contribution >= 4 is 39.1 Å². The number of aryl methyl sites for hydroxylation is 1. The van der Waals surface area contributed by atoms with E-state index in [2.05, 4.69) is 122 Å². The summed E-state index contributed by atoms with van der Waals surface area (Å²) in [4.78, 5) is 7.00. The van der Waals surface area contributed by atoms with E-state index in [9.17, 15) is 0 Å². The first-order valence-electron chi connectivity index (χ1n) is 14.5. The molecule has 0 atom stereocenters. The number of rotatable bonds is 9. The van der Waals surface area contributed by atoms with Gasteiger partial charge in [-0.3, -0.25) is 4.99 Å². The molecule has 0 unspecified atom stereocenters. The Balaban J connectivity index is 1.67. The zero-order valence-electron chi connectivity index (χ0n) is 24.7. The van der Waals surface area contributed by atoms with Gasteiger partial charge in [-0.05, 0) is 116 Å². The Bertz CT molecular complexity index is 1640. The number of ether oxygens (including phenoxy) is 1. The fourth-order valence-electron chi connectivity index (χ4n) is 5.54. The molecule has 41 heavy (non-hydrogen) atoms. The zero-order chi connectivity index (χ0) is 28.8. The molecule has 0 bridgehead atoms. The molecule has 4 aromatic rings. The van der Waals surface area contributed by atoms with Gasteiger partial charge in [0.15, 0.2) is 0 Å². The summed E-state index contributed by atoms with van der Waals surface area (Å²) < 4.78 is 5.34. The van der Waals surface area contributed by atoms with Crippen LogP contribution in [0.15, 0.2) is 114 Å². The van der Waals surface area contributed by atoms with Crippen molar-refractivity contribution in [1.29, 1.82) is 0 Å². The van der Waals surface area contributed by atoms with Gasteiger partial charge in [-0.15, -0.1) is 0 Å². The SMILES string of the molecule is CCN=C1C=CC(=C(c2ccc(N(CC)CC)cc2C)c2ccc(Nc3ccc(OC)cc3)c3ccccc23)C=C1. The van der Waals surface area contributed by atoms with Gasteiger partial charge in [0, 0.05) is 42.1 Å². The van der Waals surface area contributed by atoms with Gasteiger partial charge in [-0.25, -0.2) is 0 Å². The molecule has 1 N–H and O–H groups in total. The average molecular weight is 542 g/mol. The molecule has 0 radical (unpaired) electrons. The lowest BCUT2D eigenvalue weighted by atomic mass is 9.85. The molecule has 0 aliphatic heterocycles. The Hall–Kier alpha value is -4.57. The third-order valence-corrected chi connectivity index (χ3v) is 7.67. The van der Waals surface area contributed by atoms with Crippen LogP contribution in [0.3, 0.4) is 0 Å². The second-order valence-electron chi connectivity index (χ2n) is 10.1. The third-order valence-electron chi connectivity index (χ3n) is 7.67. The van der Waals surface area contributed by atoms with E-state index < -0.39 is 0 Å². The van der Waals surface area contributed by atoms with Gasteiger partial charge in [0.25, 0.3) is 0 Å². The lowest BCUT2D eigenvalue weighted by Gasteiger charge is -2.24. The molecular formula is C37H39N3O. The van der Waals surface area contributed by atoms with Crippen molar-refractivity contribution in [2.45, 2.75) is 27.7 Å². The number of anilines is 3. The number of nitrogens with zero attached hydrogens (tertiary/aromatic N) is 2. The van der Waals surface area contributed by atoms with Crippen LogP contribution in [-0.2, 0) is 0 Å². The van der Waals surface area contributed by atoms with Gasteiger partial charge in [-0.1, -0.05) is 48.6 Å². The van der Waals surface area contributed by atoms with E-state index in [4.69, 9.17) is 4.74 Å². The van der Waals surface area contributed by atoms with Gasteiger partial charge in [0.05, 0.1) is 12.8 Å². The topological polar surface area (TPSA) is 36.9 Å². The summed E-state index contributed by atoms with van der Waals surface area (Å²) in [6, 6.07) is 28.0. The second kappa shape index (κ2) is 12.7. The number of hydrogen-bond donors (Lipinski definition) is 1. The number of fused-ring (bicyclic) bond motifs is 1. The highest BCUT2D eigenvalue weighted by atomic mass is 16.5. The molecule has 1 aliphatic carbocycles. The summed E-state index contributed by atoms with van der Waals surface area (Å²) in [6.07, 6.45) is 8.67. The third kappa shape index (κ3) is 5.97. The van der Waals surface area contributed by atoms with Gasteiger partial charge < -0.3 is 15.0 Å². The maximum Gasteiger partial charge on any atom is 0.119 e. The van der Waals surface area contributed by atoms with Crippen LogP contribution in [-0.4, -0.2) is 32.5 Å². The quantitative estimate of drug-likeness (QED) is 0.230. The van der Waals surface area contributed by atoms with Crippen LogP contribution in [0.5, 0.6) is 5.75 Å². The Morgan fingerprint density at radius 2 is 1.46 bits per heavy atom. The number of benzene rings is 4. The number of nitrogens with one attached hydrogen (secondary N) is 1. The van der Waals surface area contributed by atoms with E-state index in [1.165, 1.54) is 44.3 Å². The average Bonchev–Trinajstić information content (AvgIpc) is 3.01. The minimum atomic E-state index is 0.773. The maximum atomic E-state index is 5.34. The van der Waals surface area contributed by atoms with Crippen LogP contribution >= 0.6 is 0 Å². The van der Waals surface area contributed by atoms with Crippen molar-refractivity contribution in [3.63, 3.8) is 0 Å². The van der Waals surface area contributed by atoms with E-state index in [0.29, 0.717) is 0 Å². The predicted molar refractivity (Wildman–Crippen MR) is 177 cm³/mol. The molecule has 1 aliphatic rings. The summed E-state index contributed by atoms with van der Waals surface area (Å²) in [6.45, 7) is 11.5. The van der Waals surface area contributed by atoms with E-state index in [0.717, 1.165) is 42.5 Å². The smallest absolute Gasteiger partial charge is 0.119 e. The van der Waals surface area contributed by atoms with Crippen LogP contribution in [0.1, 0.15) is 37.5 Å². The van der Waals surface area contributed by atoms with Crippen LogP contribution in [0, 0.1) is 6.92 Å². The van der Waals surface area contributed by atoms with Crippen LogP contribution in [0.25, 0.3) is 16.3 Å². The molecule has 208 valence electrons. The first-order chi connectivity index (χ1) is 20.1. The number of methoxy groups -OCH3 is 1. The predicted octanol–water partition coefficient (Wildman–Crippen LogP) is 9.14. The van der Waals surface area contributed by atoms with Crippen molar-refractivity contribution in [1.82, 2.24) is 0 Å². The van der Waals surface area contributed by atoms with Crippen molar-refractivity contribution in [3.05, 3.63) is 125 Å². The molecular weight excluding hydrogens is 502 g/mol. The molecule has 0 saturated carbocycles. The van der Waals surface area contributed by atoms with E-state index in [1.807, 2.05) is 24.3 Å². The molecule has 5 rings (SSSR count). The van der Waals surface area contributed by atoms with E-state index in [1.54, 1.807) is 7.11 Å². The molecule has 4 aromatic carbocycles. The number of hydrogen-bond acceptors (Lipinski definition) is 4. The Labute approximate surface area is 244 Å². The lowest BCUT2D eigenvalue weighted by molar-refractivity contribution is 0.415. The van der Waals surface area contributed by atoms with Gasteiger partial charge in [0.1, 0.15) is 5.75 Å². The molecule has 0 heterocycles. The van der Waals surface area contributed by atoms with Crippen molar-refractivity contribution in [2.24, 2.45) is 4.99 Å². The highest BCUT2D eigenvalue weighted by molar-refractivity contribution is 6.09. The monoisotopic (exact) mass is 541 g/mol. The second-order valence-corrected chi connectivity index (χ2v) is 10.1. The zero-order valence-corrected chi connectivity index (χ0v) is 24.7. The van der Waals surface area contributed by atoms with Gasteiger partial charge in [0.2, 0.25) is 0 Å². The molecule has 4 heteroatoms. The minimum absolute atomic E-state index is 0.773. The minimum Gasteiger partial charge on any atom is -0.497 e. The molecule has 4 nitrogen and oxygen atoms in total. The van der Waals surface area contributed by atoms with Gasteiger partial charge >= 0.3 is 0 Å².